The van der Waals surface area contributed by atoms with Gasteiger partial charge in [-0.25, -0.2) is 0 Å². The first-order valence-corrected chi connectivity index (χ1v) is 16.8. The van der Waals surface area contributed by atoms with Crippen LogP contribution in [-0.4, -0.2) is 15.9 Å². The van der Waals surface area contributed by atoms with Gasteiger partial charge < -0.3 is 11.5 Å². The van der Waals surface area contributed by atoms with Crippen LogP contribution in [0.1, 0.15) is 44.9 Å². The molecule has 5 aromatic carbocycles. The fourth-order valence-corrected chi connectivity index (χ4v) is 7.53. The molecule has 1 aliphatic rings. The molecule has 4 nitrogen and oxygen atoms in total. The molecule has 0 aliphatic heterocycles. The minimum absolute atomic E-state index is 0.171. The van der Waals surface area contributed by atoms with Gasteiger partial charge in [-0.15, -0.1) is 0 Å². The van der Waals surface area contributed by atoms with Crippen LogP contribution in [0.3, 0.4) is 0 Å². The zero-order valence-electron chi connectivity index (χ0n) is 27.9. The van der Waals surface area contributed by atoms with Crippen molar-refractivity contribution < 1.29 is 52.7 Å². The molecule has 0 bridgehead atoms. The topological polar surface area (TPSA) is 58.5 Å². The van der Waals surface area contributed by atoms with E-state index in [9.17, 15) is 52.7 Å². The predicted octanol–water partition coefficient (Wildman–Crippen LogP) is 11.3. The summed E-state index contributed by atoms with van der Waals surface area (Å²) in [6.07, 6.45) is -19.2. The summed E-state index contributed by atoms with van der Waals surface area (Å²) in [5, 5.41) is -0.959. The summed E-state index contributed by atoms with van der Waals surface area (Å²) in [4.78, 5) is 1.16. The van der Waals surface area contributed by atoms with Gasteiger partial charge in [-0.3, -0.25) is 9.80 Å². The van der Waals surface area contributed by atoms with Gasteiger partial charge in [0.1, 0.15) is 0 Å². The molecule has 5 aromatic rings. The monoisotopic (exact) mass is 828 g/mol. The highest BCUT2D eigenvalue weighted by Crippen LogP contribution is 2.53. The van der Waals surface area contributed by atoms with E-state index in [4.69, 9.17) is 35.9 Å². The van der Waals surface area contributed by atoms with Gasteiger partial charge in [0.2, 0.25) is 0 Å². The molecule has 0 saturated carbocycles. The van der Waals surface area contributed by atoms with Crippen molar-refractivity contribution in [2.24, 2.45) is 11.5 Å². The molecule has 1 atom stereocenters. The van der Waals surface area contributed by atoms with Crippen LogP contribution in [0.5, 0.6) is 0 Å². The van der Waals surface area contributed by atoms with Gasteiger partial charge in [-0.1, -0.05) is 72.8 Å². The molecule has 1 aliphatic carbocycles. The van der Waals surface area contributed by atoms with Crippen LogP contribution in [0.2, 0.25) is 0 Å². The lowest BCUT2D eigenvalue weighted by Crippen LogP contribution is -2.69. The Morgan fingerprint density at radius 2 is 0.911 bits per heavy atom. The molecule has 0 fully saturated rings. The maximum Gasteiger partial charge on any atom is 0.416 e. The standard InChI is InChI=1S/C38H24F12N4S2/c39-35(40,41)22-14-23(36(42,43)44)17-26(16-22)53(32(51)55)34(54(33(52)56)27-18-24(37(45,46)47)15-25(19-27)38(48,49)50)13-12-21-7-2-4-10-29(21)31(34)30-11-5-8-20-6-1-3-9-28(20)30/h1-19,31H,(H2,51,55)(H2,52,56). The molecule has 18 heteroatoms. The van der Waals surface area contributed by atoms with Crippen LogP contribution in [0.15, 0.2) is 109 Å². The lowest BCUT2D eigenvalue weighted by Gasteiger charge is -2.55. The number of nitrogens with zero attached hydrogens (tertiary/aromatic N) is 2. The Hall–Kier alpha value is -5.36. The molecule has 0 amide bonds. The van der Waals surface area contributed by atoms with Crippen LogP contribution < -0.4 is 21.3 Å². The Balaban J connectivity index is 1.86. The molecular formula is C38H24F12N4S2. The average molecular weight is 829 g/mol. The fourth-order valence-electron chi connectivity index (χ4n) is 7.03. The third kappa shape index (κ3) is 7.34. The van der Waals surface area contributed by atoms with Gasteiger partial charge in [0.15, 0.2) is 15.9 Å². The number of halogens is 12. The van der Waals surface area contributed by atoms with E-state index in [0.29, 0.717) is 26.1 Å². The van der Waals surface area contributed by atoms with Crippen LogP contribution in [-0.2, 0) is 24.7 Å². The lowest BCUT2D eigenvalue weighted by atomic mass is 9.71. The molecule has 0 aromatic heterocycles. The zero-order valence-corrected chi connectivity index (χ0v) is 29.6. The summed E-state index contributed by atoms with van der Waals surface area (Å²) in [6.45, 7) is 0. The van der Waals surface area contributed by atoms with Crippen molar-refractivity contribution in [2.45, 2.75) is 36.3 Å². The Bertz CT molecular complexity index is 2220. The van der Waals surface area contributed by atoms with Crippen molar-refractivity contribution in [3.05, 3.63) is 148 Å². The maximum atomic E-state index is 14.4. The molecule has 56 heavy (non-hydrogen) atoms. The molecular weight excluding hydrogens is 805 g/mol. The van der Waals surface area contributed by atoms with Crippen LogP contribution in [0, 0.1) is 0 Å². The summed E-state index contributed by atoms with van der Waals surface area (Å²) in [5.74, 6) is -1.51. The Morgan fingerprint density at radius 1 is 0.518 bits per heavy atom. The number of thiocarbonyl (C=S) groups is 2. The number of nitrogens with two attached hydrogens (primary N) is 2. The average Bonchev–Trinajstić information content (AvgIpc) is 3.09. The fraction of sp³-hybridized carbons (Fsp3) is 0.158. The first-order chi connectivity index (χ1) is 25.9. The highest BCUT2D eigenvalue weighted by molar-refractivity contribution is 7.80. The second kappa shape index (κ2) is 14.0. The molecule has 1 unspecified atom stereocenters. The predicted molar refractivity (Wildman–Crippen MR) is 195 cm³/mol. The largest absolute Gasteiger partial charge is 0.416 e. The summed E-state index contributed by atoms with van der Waals surface area (Å²) in [6, 6.07) is 18.3. The summed E-state index contributed by atoms with van der Waals surface area (Å²) in [7, 11) is 0. The molecule has 6 rings (SSSR count). The number of hydrogen-bond donors (Lipinski definition) is 2. The van der Waals surface area contributed by atoms with Gasteiger partial charge in [0.05, 0.1) is 28.2 Å². The number of fused-ring (bicyclic) bond motifs is 2. The minimum atomic E-state index is -5.42. The number of hydrogen-bond acceptors (Lipinski definition) is 2. The summed E-state index contributed by atoms with van der Waals surface area (Å²) >= 11 is 10.8. The molecule has 292 valence electrons. The van der Waals surface area contributed by atoms with E-state index in [1.807, 2.05) is 0 Å². The SMILES string of the molecule is NC(=S)N(c1cc(C(F)(F)F)cc(C(F)(F)F)c1)C1(N(C(N)=S)c2cc(C(F)(F)F)cc(C(F)(F)F)c2)C=Cc2ccccc2C1c1cccc2ccccc12. The van der Waals surface area contributed by atoms with Crippen molar-refractivity contribution in [3.8, 4) is 0 Å². The first kappa shape index (κ1) is 40.3. The van der Waals surface area contributed by atoms with E-state index in [-0.39, 0.29) is 47.5 Å². The molecule has 0 heterocycles. The minimum Gasteiger partial charge on any atom is -0.376 e. The van der Waals surface area contributed by atoms with Crippen molar-refractivity contribution in [1.29, 1.82) is 0 Å². The molecule has 0 radical (unpaired) electrons. The molecule has 4 N–H and O–H groups in total. The van der Waals surface area contributed by atoms with Gasteiger partial charge >= 0.3 is 24.7 Å². The number of anilines is 2. The molecule has 0 saturated heterocycles. The van der Waals surface area contributed by atoms with Crippen molar-refractivity contribution in [1.82, 2.24) is 0 Å². The van der Waals surface area contributed by atoms with Crippen LogP contribution in [0.25, 0.3) is 16.8 Å². The summed E-state index contributed by atoms with van der Waals surface area (Å²) < 4.78 is 173. The van der Waals surface area contributed by atoms with E-state index >= 15 is 0 Å². The Morgan fingerprint density at radius 3 is 1.36 bits per heavy atom. The van der Waals surface area contributed by atoms with Gasteiger partial charge in [-0.05, 0) is 94.4 Å². The van der Waals surface area contributed by atoms with Crippen molar-refractivity contribution >= 4 is 62.9 Å². The summed E-state index contributed by atoms with van der Waals surface area (Å²) in [5.41, 5.74) is 1.42. The quantitative estimate of drug-likeness (QED) is 0.105. The van der Waals surface area contributed by atoms with Gasteiger partial charge in [0.25, 0.3) is 0 Å². The second-order valence-corrected chi connectivity index (χ2v) is 13.5. The second-order valence-electron chi connectivity index (χ2n) is 12.6. The third-order valence-electron chi connectivity index (χ3n) is 9.19. The van der Waals surface area contributed by atoms with E-state index in [2.05, 4.69) is 0 Å². The number of benzene rings is 5. The smallest absolute Gasteiger partial charge is 0.376 e. The lowest BCUT2D eigenvalue weighted by molar-refractivity contribution is -0.144. The Labute approximate surface area is 320 Å². The maximum absolute atomic E-state index is 14.4. The van der Waals surface area contributed by atoms with Crippen LogP contribution >= 0.6 is 24.4 Å². The van der Waals surface area contributed by atoms with E-state index in [1.54, 1.807) is 48.5 Å². The third-order valence-corrected chi connectivity index (χ3v) is 9.56. The number of rotatable bonds is 5. The highest BCUT2D eigenvalue weighted by Gasteiger charge is 2.55. The van der Waals surface area contributed by atoms with E-state index < -0.39 is 80.1 Å². The van der Waals surface area contributed by atoms with E-state index in [0.717, 1.165) is 6.08 Å². The van der Waals surface area contributed by atoms with E-state index in [1.165, 1.54) is 24.3 Å². The molecule has 0 spiro atoms. The van der Waals surface area contributed by atoms with Crippen LogP contribution in [0.4, 0.5) is 64.1 Å². The normalized spacial score (nSPS) is 15.7. The number of alkyl halides is 12. The van der Waals surface area contributed by atoms with Crippen molar-refractivity contribution in [3.63, 3.8) is 0 Å². The van der Waals surface area contributed by atoms with Gasteiger partial charge in [-0.2, -0.15) is 52.7 Å². The van der Waals surface area contributed by atoms with Crippen molar-refractivity contribution in [2.75, 3.05) is 9.80 Å². The van der Waals surface area contributed by atoms with Gasteiger partial charge in [0, 0.05) is 11.4 Å². The highest BCUT2D eigenvalue weighted by atomic mass is 32.1. The first-order valence-electron chi connectivity index (χ1n) is 16.0. The zero-order chi connectivity index (χ0) is 41.2. The Kier molecular flexibility index (Phi) is 10.1.